The molecule has 5 nitrogen and oxygen atoms in total. The molecule has 1 aliphatic carbocycles. The smallest absolute Gasteiger partial charge is 0.328 e. The van der Waals surface area contributed by atoms with Gasteiger partial charge in [0.25, 0.3) is 0 Å². The number of carbonyl (C=O) groups excluding carboxylic acids is 2. The van der Waals surface area contributed by atoms with Crippen molar-refractivity contribution in [1.82, 2.24) is 5.32 Å². The van der Waals surface area contributed by atoms with Gasteiger partial charge in [0.15, 0.2) is 0 Å². The summed E-state index contributed by atoms with van der Waals surface area (Å²) in [5.74, 6) is -0.517. The van der Waals surface area contributed by atoms with Crippen LogP contribution in [0.1, 0.15) is 32.6 Å². The number of carbonyl (C=O) groups is 2. The summed E-state index contributed by atoms with van der Waals surface area (Å²) in [7, 11) is 1.32. The topological polar surface area (TPSA) is 81.4 Å². The van der Waals surface area contributed by atoms with Crippen molar-refractivity contribution >= 4 is 24.3 Å². The van der Waals surface area contributed by atoms with Gasteiger partial charge in [0.05, 0.1) is 7.11 Å². The Morgan fingerprint density at radius 2 is 2.12 bits per heavy atom. The van der Waals surface area contributed by atoms with Gasteiger partial charge in [-0.3, -0.25) is 4.79 Å². The molecule has 0 aromatic heterocycles. The van der Waals surface area contributed by atoms with Crippen molar-refractivity contribution < 1.29 is 14.3 Å². The third-order valence-electron chi connectivity index (χ3n) is 3.05. The van der Waals surface area contributed by atoms with E-state index >= 15 is 0 Å². The van der Waals surface area contributed by atoms with E-state index in [1.165, 1.54) is 7.11 Å². The van der Waals surface area contributed by atoms with Crippen molar-refractivity contribution in [3.8, 4) is 0 Å². The van der Waals surface area contributed by atoms with Gasteiger partial charge in [0.2, 0.25) is 5.91 Å². The normalized spacial score (nSPS) is 24.6. The first-order valence-corrected chi connectivity index (χ1v) is 5.72. The fourth-order valence-electron chi connectivity index (χ4n) is 2.01. The average molecular weight is 265 g/mol. The summed E-state index contributed by atoms with van der Waals surface area (Å²) >= 11 is 0. The summed E-state index contributed by atoms with van der Waals surface area (Å²) in [6.45, 7) is 1.84. The minimum atomic E-state index is -0.533. The Labute approximate surface area is 108 Å². The van der Waals surface area contributed by atoms with E-state index in [4.69, 9.17) is 5.73 Å². The lowest BCUT2D eigenvalue weighted by molar-refractivity contribution is -0.145. The first-order valence-electron chi connectivity index (χ1n) is 5.72. The van der Waals surface area contributed by atoms with E-state index in [0.29, 0.717) is 12.8 Å². The molecule has 0 aliphatic heterocycles. The molecule has 0 aromatic rings. The second kappa shape index (κ2) is 7.50. The number of methoxy groups -OCH3 is 1. The number of amides is 1. The molecule has 0 bridgehead atoms. The van der Waals surface area contributed by atoms with Crippen LogP contribution in [0.4, 0.5) is 0 Å². The molecule has 3 unspecified atom stereocenters. The zero-order chi connectivity index (χ0) is 12.1. The van der Waals surface area contributed by atoms with E-state index in [9.17, 15) is 9.59 Å². The molecule has 100 valence electrons. The molecule has 3 atom stereocenters. The number of hydrogen-bond donors (Lipinski definition) is 2. The van der Waals surface area contributed by atoms with Crippen LogP contribution in [0.15, 0.2) is 0 Å². The molecule has 0 saturated heterocycles. The number of halogens is 1. The predicted octanol–water partition coefficient (Wildman–Crippen LogP) is 0.603. The molecule has 6 heteroatoms. The maximum atomic E-state index is 11.8. The lowest BCUT2D eigenvalue weighted by Crippen LogP contribution is -2.43. The van der Waals surface area contributed by atoms with E-state index in [1.807, 2.05) is 6.92 Å². The highest BCUT2D eigenvalue weighted by molar-refractivity contribution is 5.86. The zero-order valence-corrected chi connectivity index (χ0v) is 11.1. The number of rotatable bonds is 4. The van der Waals surface area contributed by atoms with Crippen LogP contribution in [0, 0.1) is 5.92 Å². The van der Waals surface area contributed by atoms with Crippen LogP contribution in [0.3, 0.4) is 0 Å². The van der Waals surface area contributed by atoms with Crippen molar-refractivity contribution in [3.05, 3.63) is 0 Å². The maximum absolute atomic E-state index is 11.8. The number of nitrogens with two attached hydrogens (primary N) is 1. The summed E-state index contributed by atoms with van der Waals surface area (Å²) in [4.78, 5) is 23.1. The molecule has 1 saturated carbocycles. The SMILES string of the molecule is CCC(NC(=O)C1CCC(N)C1)C(=O)OC.Cl. The van der Waals surface area contributed by atoms with E-state index < -0.39 is 12.0 Å². The third kappa shape index (κ3) is 4.52. The first-order chi connectivity index (χ1) is 7.58. The summed E-state index contributed by atoms with van der Waals surface area (Å²) < 4.78 is 4.61. The fourth-order valence-corrected chi connectivity index (χ4v) is 2.01. The van der Waals surface area contributed by atoms with Crippen molar-refractivity contribution in [2.75, 3.05) is 7.11 Å². The van der Waals surface area contributed by atoms with E-state index in [2.05, 4.69) is 10.1 Å². The predicted molar refractivity (Wildman–Crippen MR) is 66.8 cm³/mol. The Hall–Kier alpha value is -0.810. The van der Waals surface area contributed by atoms with Crippen LogP contribution in [0.5, 0.6) is 0 Å². The highest BCUT2D eigenvalue weighted by atomic mass is 35.5. The van der Waals surface area contributed by atoms with E-state index in [1.54, 1.807) is 0 Å². The second-order valence-corrected chi connectivity index (χ2v) is 4.26. The van der Waals surface area contributed by atoms with Gasteiger partial charge in [0.1, 0.15) is 6.04 Å². The molecule has 1 rings (SSSR count). The molecule has 3 N–H and O–H groups in total. The van der Waals surface area contributed by atoms with Crippen molar-refractivity contribution in [2.24, 2.45) is 11.7 Å². The van der Waals surface area contributed by atoms with Crippen LogP contribution in [-0.4, -0.2) is 31.1 Å². The van der Waals surface area contributed by atoms with Crippen molar-refractivity contribution in [3.63, 3.8) is 0 Å². The standard InChI is InChI=1S/C11H20N2O3.ClH/c1-3-9(11(15)16-2)13-10(14)7-4-5-8(12)6-7;/h7-9H,3-6,12H2,1-2H3,(H,13,14);1H. The Morgan fingerprint density at radius 1 is 1.47 bits per heavy atom. The van der Waals surface area contributed by atoms with Gasteiger partial charge in [-0.1, -0.05) is 6.92 Å². The summed E-state index contributed by atoms with van der Waals surface area (Å²) in [5.41, 5.74) is 5.74. The quantitative estimate of drug-likeness (QED) is 0.729. The largest absolute Gasteiger partial charge is 0.467 e. The molecular formula is C11H21ClN2O3. The van der Waals surface area contributed by atoms with Crippen LogP contribution in [0.2, 0.25) is 0 Å². The number of hydrogen-bond acceptors (Lipinski definition) is 4. The van der Waals surface area contributed by atoms with Crippen molar-refractivity contribution in [2.45, 2.75) is 44.7 Å². The van der Waals surface area contributed by atoms with Gasteiger partial charge < -0.3 is 15.8 Å². The highest BCUT2D eigenvalue weighted by Gasteiger charge is 2.30. The summed E-state index contributed by atoms with van der Waals surface area (Å²) in [6.07, 6.45) is 2.94. The van der Waals surface area contributed by atoms with Gasteiger partial charge in [-0.2, -0.15) is 0 Å². The molecule has 0 aromatic carbocycles. The molecule has 0 heterocycles. The number of ether oxygens (including phenoxy) is 1. The van der Waals surface area contributed by atoms with Crippen LogP contribution >= 0.6 is 12.4 Å². The fraction of sp³-hybridized carbons (Fsp3) is 0.818. The summed E-state index contributed by atoms with van der Waals surface area (Å²) in [5, 5.41) is 2.71. The molecular weight excluding hydrogens is 244 g/mol. The van der Waals surface area contributed by atoms with Crippen LogP contribution in [0.25, 0.3) is 0 Å². The Morgan fingerprint density at radius 3 is 2.53 bits per heavy atom. The molecule has 17 heavy (non-hydrogen) atoms. The number of esters is 1. The molecule has 0 radical (unpaired) electrons. The van der Waals surface area contributed by atoms with Gasteiger partial charge >= 0.3 is 5.97 Å². The lowest BCUT2D eigenvalue weighted by Gasteiger charge is -2.17. The van der Waals surface area contributed by atoms with Crippen LogP contribution < -0.4 is 11.1 Å². The Balaban J connectivity index is 0.00000256. The Kier molecular flexibility index (Phi) is 7.15. The molecule has 1 amide bonds. The summed E-state index contributed by atoms with van der Waals surface area (Å²) in [6, 6.07) is -0.414. The number of nitrogens with one attached hydrogen (secondary N) is 1. The average Bonchev–Trinajstić information content (AvgIpc) is 2.71. The monoisotopic (exact) mass is 264 g/mol. The molecule has 0 spiro atoms. The van der Waals surface area contributed by atoms with Gasteiger partial charge in [-0.15, -0.1) is 12.4 Å². The molecule has 1 fully saturated rings. The van der Waals surface area contributed by atoms with Crippen LogP contribution in [-0.2, 0) is 14.3 Å². The maximum Gasteiger partial charge on any atom is 0.328 e. The minimum Gasteiger partial charge on any atom is -0.467 e. The third-order valence-corrected chi connectivity index (χ3v) is 3.05. The zero-order valence-electron chi connectivity index (χ0n) is 10.3. The van der Waals surface area contributed by atoms with Gasteiger partial charge in [-0.25, -0.2) is 4.79 Å². The first kappa shape index (κ1) is 16.2. The highest BCUT2D eigenvalue weighted by Crippen LogP contribution is 2.24. The van der Waals surface area contributed by atoms with Crippen molar-refractivity contribution in [1.29, 1.82) is 0 Å². The van der Waals surface area contributed by atoms with Gasteiger partial charge in [-0.05, 0) is 25.7 Å². The van der Waals surface area contributed by atoms with E-state index in [-0.39, 0.29) is 30.3 Å². The second-order valence-electron chi connectivity index (χ2n) is 4.26. The van der Waals surface area contributed by atoms with E-state index in [0.717, 1.165) is 12.8 Å². The van der Waals surface area contributed by atoms with Gasteiger partial charge in [0, 0.05) is 12.0 Å². The minimum absolute atomic E-state index is 0. The molecule has 1 aliphatic rings. The lowest BCUT2D eigenvalue weighted by atomic mass is 10.1. The Bertz CT molecular complexity index is 273.